The molecular weight excluding hydrogens is 661 g/mol. The number of hydrogen-bond donors (Lipinski definition) is 0. The Bertz CT molecular complexity index is 809. The van der Waals surface area contributed by atoms with Crippen molar-refractivity contribution in [1.29, 1.82) is 0 Å². The predicted molar refractivity (Wildman–Crippen MR) is 224 cm³/mol. The number of rotatable bonds is 41. The highest BCUT2D eigenvalue weighted by atomic mass is 16.6. The third kappa shape index (κ3) is 41.4. The van der Waals surface area contributed by atoms with E-state index in [0.717, 1.165) is 76.0 Å². The molecule has 0 radical (unpaired) electrons. The summed E-state index contributed by atoms with van der Waals surface area (Å²) >= 11 is 0. The molecule has 0 aliphatic rings. The van der Waals surface area contributed by atoms with Crippen LogP contribution in [0.4, 0.5) is 0 Å². The molecule has 0 rings (SSSR count). The quantitative estimate of drug-likeness (QED) is 0.0352. The van der Waals surface area contributed by atoms with Crippen molar-refractivity contribution < 1.29 is 28.6 Å². The second kappa shape index (κ2) is 40.1. The zero-order chi connectivity index (χ0) is 39.0. The first-order valence-electron chi connectivity index (χ1n) is 23.2. The Hall–Kier alpha value is -1.59. The van der Waals surface area contributed by atoms with Gasteiger partial charge in [0.25, 0.3) is 0 Å². The molecule has 0 amide bonds. The van der Waals surface area contributed by atoms with E-state index in [1.165, 1.54) is 135 Å². The molecule has 0 aromatic carbocycles. The van der Waals surface area contributed by atoms with E-state index >= 15 is 0 Å². The Morgan fingerprint density at radius 2 is 0.623 bits per heavy atom. The lowest BCUT2D eigenvalue weighted by Crippen LogP contribution is -2.30. The van der Waals surface area contributed by atoms with Gasteiger partial charge in [0.1, 0.15) is 13.2 Å². The van der Waals surface area contributed by atoms with Crippen molar-refractivity contribution in [3.05, 3.63) is 0 Å². The van der Waals surface area contributed by atoms with E-state index in [1.54, 1.807) is 0 Å². The molecular formula is C47H90O6. The van der Waals surface area contributed by atoms with Gasteiger partial charge in [0, 0.05) is 19.3 Å². The lowest BCUT2D eigenvalue weighted by Gasteiger charge is -2.18. The van der Waals surface area contributed by atoms with Crippen molar-refractivity contribution in [3.63, 3.8) is 0 Å². The van der Waals surface area contributed by atoms with E-state index in [-0.39, 0.29) is 31.1 Å². The molecule has 1 atom stereocenters. The average Bonchev–Trinajstić information content (AvgIpc) is 3.12. The first kappa shape index (κ1) is 51.4. The molecule has 314 valence electrons. The average molecular weight is 751 g/mol. The van der Waals surface area contributed by atoms with Gasteiger partial charge < -0.3 is 14.2 Å². The van der Waals surface area contributed by atoms with Crippen LogP contribution in [0.5, 0.6) is 0 Å². The maximum absolute atomic E-state index is 12.7. The molecule has 0 aromatic rings. The van der Waals surface area contributed by atoms with Crippen molar-refractivity contribution in [2.45, 2.75) is 259 Å². The number of unbranched alkanes of at least 4 members (excludes halogenated alkanes) is 26. The standard InChI is InChI=1S/C47H90O6/c1-6-7-8-25-32-37-45(48)51-40-44(53-47(50)39-34-29-24-20-16-15-18-22-27-31-36-43(4)5)41-52-46(49)38-33-28-23-19-14-12-10-9-11-13-17-21-26-30-35-42(2)3/h42-44H,6-41H2,1-5H3/t44-/m0/s1. The molecule has 6 heteroatoms. The highest BCUT2D eigenvalue weighted by molar-refractivity contribution is 5.71. The van der Waals surface area contributed by atoms with Crippen LogP contribution in [0.2, 0.25) is 0 Å². The molecule has 0 aliphatic carbocycles. The number of hydrogen-bond acceptors (Lipinski definition) is 6. The molecule has 0 bridgehead atoms. The lowest BCUT2D eigenvalue weighted by molar-refractivity contribution is -0.167. The van der Waals surface area contributed by atoms with Gasteiger partial charge in [-0.3, -0.25) is 14.4 Å². The van der Waals surface area contributed by atoms with Gasteiger partial charge in [-0.05, 0) is 31.1 Å². The second-order valence-corrected chi connectivity index (χ2v) is 17.0. The summed E-state index contributed by atoms with van der Waals surface area (Å²) in [6, 6.07) is 0. The van der Waals surface area contributed by atoms with Gasteiger partial charge in [0.05, 0.1) is 0 Å². The summed E-state index contributed by atoms with van der Waals surface area (Å²) in [6.45, 7) is 11.3. The summed E-state index contributed by atoms with van der Waals surface area (Å²) in [5, 5.41) is 0. The van der Waals surface area contributed by atoms with Gasteiger partial charge in [-0.25, -0.2) is 0 Å². The minimum atomic E-state index is -0.759. The SMILES string of the molecule is CCCCCCCC(=O)OC[C@@H](COC(=O)CCCCCCCCCCCCCCCCC(C)C)OC(=O)CCCCCCCCCCCCC(C)C. The van der Waals surface area contributed by atoms with Crippen molar-refractivity contribution in [3.8, 4) is 0 Å². The van der Waals surface area contributed by atoms with Crippen LogP contribution < -0.4 is 0 Å². The maximum atomic E-state index is 12.7. The van der Waals surface area contributed by atoms with Crippen LogP contribution in [0.1, 0.15) is 253 Å². The summed E-state index contributed by atoms with van der Waals surface area (Å²) in [4.78, 5) is 37.5. The molecule has 53 heavy (non-hydrogen) atoms. The minimum Gasteiger partial charge on any atom is -0.462 e. The van der Waals surface area contributed by atoms with Crippen LogP contribution >= 0.6 is 0 Å². The molecule has 0 N–H and O–H groups in total. The highest BCUT2D eigenvalue weighted by Crippen LogP contribution is 2.17. The smallest absolute Gasteiger partial charge is 0.306 e. The maximum Gasteiger partial charge on any atom is 0.306 e. The molecule has 0 fully saturated rings. The van der Waals surface area contributed by atoms with E-state index < -0.39 is 6.10 Å². The second-order valence-electron chi connectivity index (χ2n) is 17.0. The van der Waals surface area contributed by atoms with Crippen LogP contribution in [-0.2, 0) is 28.6 Å². The monoisotopic (exact) mass is 751 g/mol. The van der Waals surface area contributed by atoms with Crippen LogP contribution in [0.15, 0.2) is 0 Å². The highest BCUT2D eigenvalue weighted by Gasteiger charge is 2.19. The molecule has 0 saturated carbocycles. The molecule has 0 aliphatic heterocycles. The summed E-state index contributed by atoms with van der Waals surface area (Å²) in [6.07, 6.45) is 38.3. The summed E-state index contributed by atoms with van der Waals surface area (Å²) < 4.78 is 16.6. The van der Waals surface area contributed by atoms with Gasteiger partial charge in [0.2, 0.25) is 0 Å². The zero-order valence-corrected chi connectivity index (χ0v) is 36.1. The topological polar surface area (TPSA) is 78.9 Å². The Kier molecular flexibility index (Phi) is 38.9. The summed E-state index contributed by atoms with van der Waals surface area (Å²) in [7, 11) is 0. The van der Waals surface area contributed by atoms with Crippen LogP contribution in [0.25, 0.3) is 0 Å². The Labute approximate surface area is 329 Å². The van der Waals surface area contributed by atoms with E-state index in [0.29, 0.717) is 19.3 Å². The third-order valence-electron chi connectivity index (χ3n) is 10.5. The molecule has 0 spiro atoms. The minimum absolute atomic E-state index is 0.0655. The van der Waals surface area contributed by atoms with Gasteiger partial charge in [-0.1, -0.05) is 214 Å². The third-order valence-corrected chi connectivity index (χ3v) is 10.5. The van der Waals surface area contributed by atoms with Crippen LogP contribution in [0.3, 0.4) is 0 Å². The van der Waals surface area contributed by atoms with Gasteiger partial charge in [-0.2, -0.15) is 0 Å². The first-order chi connectivity index (χ1) is 25.7. The lowest BCUT2D eigenvalue weighted by atomic mass is 10.0. The molecule has 0 unspecified atom stereocenters. The number of carbonyl (C=O) groups excluding carboxylic acids is 3. The Morgan fingerprint density at radius 1 is 0.358 bits per heavy atom. The van der Waals surface area contributed by atoms with E-state index in [4.69, 9.17) is 14.2 Å². The van der Waals surface area contributed by atoms with E-state index in [1.807, 2.05) is 0 Å². The summed E-state index contributed by atoms with van der Waals surface area (Å²) in [5.74, 6) is 0.791. The van der Waals surface area contributed by atoms with Gasteiger partial charge in [0.15, 0.2) is 6.10 Å². The van der Waals surface area contributed by atoms with E-state index in [9.17, 15) is 14.4 Å². The molecule has 0 saturated heterocycles. The number of esters is 3. The normalized spacial score (nSPS) is 12.1. The molecule has 6 nitrogen and oxygen atoms in total. The predicted octanol–water partition coefficient (Wildman–Crippen LogP) is 14.6. The fourth-order valence-electron chi connectivity index (χ4n) is 6.93. The molecule has 0 aromatic heterocycles. The first-order valence-corrected chi connectivity index (χ1v) is 23.2. The number of carbonyl (C=O) groups is 3. The van der Waals surface area contributed by atoms with Crippen molar-refractivity contribution in [2.24, 2.45) is 11.8 Å². The Morgan fingerprint density at radius 3 is 0.925 bits per heavy atom. The summed E-state index contributed by atoms with van der Waals surface area (Å²) in [5.41, 5.74) is 0. The Balaban J connectivity index is 4.15. The van der Waals surface area contributed by atoms with Crippen molar-refractivity contribution in [1.82, 2.24) is 0 Å². The zero-order valence-electron chi connectivity index (χ0n) is 36.1. The molecule has 0 heterocycles. The van der Waals surface area contributed by atoms with Crippen molar-refractivity contribution >= 4 is 17.9 Å². The fraction of sp³-hybridized carbons (Fsp3) is 0.936. The van der Waals surface area contributed by atoms with Crippen molar-refractivity contribution in [2.75, 3.05) is 13.2 Å². The fourth-order valence-corrected chi connectivity index (χ4v) is 6.93. The van der Waals surface area contributed by atoms with Crippen LogP contribution in [-0.4, -0.2) is 37.2 Å². The van der Waals surface area contributed by atoms with Crippen LogP contribution in [0, 0.1) is 11.8 Å². The van der Waals surface area contributed by atoms with Gasteiger partial charge >= 0.3 is 17.9 Å². The van der Waals surface area contributed by atoms with Gasteiger partial charge in [-0.15, -0.1) is 0 Å². The largest absolute Gasteiger partial charge is 0.462 e. The van der Waals surface area contributed by atoms with E-state index in [2.05, 4.69) is 34.6 Å². The number of ether oxygens (including phenoxy) is 3.